The first kappa shape index (κ1) is 22.2. The Hall–Kier alpha value is 0.154. The number of rotatable bonds is 13. The van der Waals surface area contributed by atoms with Gasteiger partial charge in [0.2, 0.25) is 0 Å². The second kappa shape index (κ2) is 10.8. The van der Waals surface area contributed by atoms with Gasteiger partial charge in [-0.1, -0.05) is 6.92 Å². The van der Waals surface area contributed by atoms with E-state index in [4.69, 9.17) is 26.6 Å². The van der Waals surface area contributed by atoms with E-state index >= 15 is 0 Å². The van der Waals surface area contributed by atoms with Crippen molar-refractivity contribution in [1.29, 1.82) is 0 Å². The van der Waals surface area contributed by atoms with Crippen molar-refractivity contribution >= 4 is 17.6 Å². The Bertz CT molecular complexity index is 273. The second-order valence-electron chi connectivity index (χ2n) is 5.28. The van der Waals surface area contributed by atoms with Gasteiger partial charge in [-0.2, -0.15) is 0 Å². The molecule has 0 rings (SSSR count). The fourth-order valence-electron chi connectivity index (χ4n) is 2.65. The minimum Gasteiger partial charge on any atom is -0.377 e. The highest BCUT2D eigenvalue weighted by molar-refractivity contribution is 6.62. The summed E-state index contributed by atoms with van der Waals surface area (Å²) in [4.78, 5) is 2.24. The Morgan fingerprint density at radius 3 is 1.64 bits per heavy atom. The van der Waals surface area contributed by atoms with Crippen LogP contribution < -0.4 is 0 Å². The molecule has 0 saturated carbocycles. The molecule has 0 radical (unpaired) electrons. The van der Waals surface area contributed by atoms with Crippen LogP contribution in [0.3, 0.4) is 0 Å². The molecule has 0 aliphatic heterocycles. The van der Waals surface area contributed by atoms with Gasteiger partial charge in [0.1, 0.15) is 0 Å². The summed E-state index contributed by atoms with van der Waals surface area (Å²) in [5.74, 6) is 0. The van der Waals surface area contributed by atoms with Crippen LogP contribution in [0.15, 0.2) is 0 Å². The molecule has 0 spiro atoms. The van der Waals surface area contributed by atoms with Crippen LogP contribution in [0.4, 0.5) is 0 Å². The van der Waals surface area contributed by atoms with Gasteiger partial charge in [-0.15, -0.1) is 0 Å². The van der Waals surface area contributed by atoms with Crippen LogP contribution in [0, 0.1) is 0 Å². The summed E-state index contributed by atoms with van der Waals surface area (Å²) in [6, 6.07) is 0.788. The molecule has 0 fully saturated rings. The first-order chi connectivity index (χ1) is 10.4. The molecule has 7 nitrogen and oxygen atoms in total. The summed E-state index contributed by atoms with van der Waals surface area (Å²) in [5, 5.41) is 0. The van der Waals surface area contributed by atoms with Gasteiger partial charge in [-0.25, -0.2) is 0 Å². The van der Waals surface area contributed by atoms with Gasteiger partial charge in [0, 0.05) is 60.8 Å². The van der Waals surface area contributed by atoms with Gasteiger partial charge < -0.3 is 31.5 Å². The maximum atomic E-state index is 5.52. The van der Waals surface area contributed by atoms with E-state index in [2.05, 4.69) is 18.9 Å². The largest absolute Gasteiger partial charge is 0.504 e. The SMILES string of the molecule is CO[Si](CCCN(C)CC(C)[Si](OC)(OC)OC)(OC)OC. The predicted molar refractivity (Wildman–Crippen MR) is 89.9 cm³/mol. The van der Waals surface area contributed by atoms with Gasteiger partial charge >= 0.3 is 17.6 Å². The van der Waals surface area contributed by atoms with Crippen molar-refractivity contribution in [2.75, 3.05) is 62.8 Å². The first-order valence-electron chi connectivity index (χ1n) is 7.38. The molecule has 0 aromatic rings. The summed E-state index contributed by atoms with van der Waals surface area (Å²) < 4.78 is 32.9. The van der Waals surface area contributed by atoms with E-state index in [1.807, 2.05) is 0 Å². The number of hydrogen-bond donors (Lipinski definition) is 0. The molecule has 0 amide bonds. The van der Waals surface area contributed by atoms with Gasteiger partial charge in [0.25, 0.3) is 0 Å². The normalized spacial score (nSPS) is 14.6. The zero-order chi connectivity index (χ0) is 17.2. The van der Waals surface area contributed by atoms with E-state index in [-0.39, 0.29) is 5.54 Å². The third-order valence-electron chi connectivity index (χ3n) is 4.00. The molecule has 0 aliphatic rings. The molecule has 9 heteroatoms. The highest BCUT2D eigenvalue weighted by atomic mass is 28.4. The zero-order valence-electron chi connectivity index (χ0n) is 15.3. The fourth-order valence-corrected chi connectivity index (χ4v) is 6.59. The van der Waals surface area contributed by atoms with Crippen LogP contribution in [0.1, 0.15) is 13.3 Å². The number of nitrogens with zero attached hydrogens (tertiary/aromatic N) is 1. The minimum atomic E-state index is -2.59. The van der Waals surface area contributed by atoms with Gasteiger partial charge in [0.05, 0.1) is 0 Å². The zero-order valence-corrected chi connectivity index (χ0v) is 17.3. The fraction of sp³-hybridized carbons (Fsp3) is 1.00. The molecule has 0 heterocycles. The van der Waals surface area contributed by atoms with Crippen molar-refractivity contribution in [3.63, 3.8) is 0 Å². The predicted octanol–water partition coefficient (Wildman–Crippen LogP) is 1.45. The molecule has 0 aromatic carbocycles. The minimum absolute atomic E-state index is 0.187. The van der Waals surface area contributed by atoms with Crippen molar-refractivity contribution in [3.8, 4) is 0 Å². The van der Waals surface area contributed by atoms with Crippen LogP contribution in [0.2, 0.25) is 11.6 Å². The van der Waals surface area contributed by atoms with E-state index in [1.54, 1.807) is 42.7 Å². The van der Waals surface area contributed by atoms with E-state index < -0.39 is 17.6 Å². The summed E-state index contributed by atoms with van der Waals surface area (Å²) in [5.41, 5.74) is 0.187. The van der Waals surface area contributed by atoms with E-state index in [9.17, 15) is 0 Å². The standard InChI is InChI=1S/C13H33NO6Si2/c1-13(22(18-6,19-7)20-8)12-14(2)10-9-11-21(15-3,16-4)17-5/h13H,9-12H2,1-8H3. The molecule has 134 valence electrons. The second-order valence-corrected chi connectivity index (χ2v) is 11.8. The Labute approximate surface area is 137 Å². The summed E-state index contributed by atoms with van der Waals surface area (Å²) in [6.07, 6.45) is 0.937. The van der Waals surface area contributed by atoms with Crippen molar-refractivity contribution in [2.24, 2.45) is 0 Å². The first-order valence-corrected chi connectivity index (χ1v) is 11.1. The lowest BCUT2D eigenvalue weighted by molar-refractivity contribution is 0.106. The number of hydrogen-bond acceptors (Lipinski definition) is 7. The topological polar surface area (TPSA) is 58.6 Å². The quantitative estimate of drug-likeness (QED) is 0.464. The van der Waals surface area contributed by atoms with Crippen molar-refractivity contribution in [1.82, 2.24) is 4.90 Å². The third kappa shape index (κ3) is 5.98. The Balaban J connectivity index is 4.37. The molecule has 0 aromatic heterocycles. The van der Waals surface area contributed by atoms with E-state index in [0.29, 0.717) is 0 Å². The maximum Gasteiger partial charge on any atom is 0.504 e. The highest BCUT2D eigenvalue weighted by Crippen LogP contribution is 2.24. The molecule has 0 saturated heterocycles. The van der Waals surface area contributed by atoms with Crippen molar-refractivity contribution in [3.05, 3.63) is 0 Å². The monoisotopic (exact) mass is 355 g/mol. The molecule has 1 atom stereocenters. The lowest BCUT2D eigenvalue weighted by Gasteiger charge is -2.33. The van der Waals surface area contributed by atoms with Crippen molar-refractivity contribution < 1.29 is 26.6 Å². The molecular formula is C13H33NO6Si2. The molecular weight excluding hydrogens is 322 g/mol. The Morgan fingerprint density at radius 1 is 0.818 bits per heavy atom. The van der Waals surface area contributed by atoms with E-state index in [0.717, 1.165) is 25.6 Å². The molecule has 0 N–H and O–H groups in total. The summed E-state index contributed by atoms with van der Waals surface area (Å²) in [7, 11) is 6.87. The maximum absolute atomic E-state index is 5.52. The van der Waals surface area contributed by atoms with Crippen molar-refractivity contribution in [2.45, 2.75) is 24.9 Å². The highest BCUT2D eigenvalue weighted by Gasteiger charge is 2.45. The third-order valence-corrected chi connectivity index (χ3v) is 9.93. The van der Waals surface area contributed by atoms with Crippen LogP contribution in [-0.2, 0) is 26.6 Å². The van der Waals surface area contributed by atoms with Crippen LogP contribution in [-0.4, -0.2) is 85.3 Å². The lowest BCUT2D eigenvalue weighted by Crippen LogP contribution is -2.50. The molecule has 0 bridgehead atoms. The van der Waals surface area contributed by atoms with Gasteiger partial charge in [-0.05, 0) is 20.0 Å². The average Bonchev–Trinajstić information content (AvgIpc) is 2.54. The van der Waals surface area contributed by atoms with Crippen LogP contribution in [0.25, 0.3) is 0 Å². The average molecular weight is 356 g/mol. The lowest BCUT2D eigenvalue weighted by atomic mass is 10.4. The molecule has 0 aliphatic carbocycles. The molecule has 22 heavy (non-hydrogen) atoms. The van der Waals surface area contributed by atoms with Crippen LogP contribution >= 0.6 is 0 Å². The Morgan fingerprint density at radius 2 is 1.27 bits per heavy atom. The van der Waals surface area contributed by atoms with Gasteiger partial charge in [0.15, 0.2) is 0 Å². The van der Waals surface area contributed by atoms with Crippen LogP contribution in [0.5, 0.6) is 0 Å². The Kier molecular flexibility index (Phi) is 10.9. The molecule has 1 unspecified atom stereocenters. The smallest absolute Gasteiger partial charge is 0.377 e. The summed E-state index contributed by atoms with van der Waals surface area (Å²) in [6.45, 7) is 3.85. The van der Waals surface area contributed by atoms with E-state index in [1.165, 1.54) is 0 Å². The van der Waals surface area contributed by atoms with Gasteiger partial charge in [-0.3, -0.25) is 0 Å². The summed E-state index contributed by atoms with van der Waals surface area (Å²) >= 11 is 0.